The number of aromatic nitrogens is 2. The zero-order valence-corrected chi connectivity index (χ0v) is 25.5. The van der Waals surface area contributed by atoms with Crippen LogP contribution in [0.2, 0.25) is 0 Å². The van der Waals surface area contributed by atoms with Gasteiger partial charge in [-0.25, -0.2) is 4.79 Å². The van der Waals surface area contributed by atoms with Gasteiger partial charge in [-0.15, -0.1) is 4.37 Å². The van der Waals surface area contributed by atoms with Gasteiger partial charge in [0.15, 0.2) is 0 Å². The second kappa shape index (κ2) is 19.4. The lowest BCUT2D eigenvalue weighted by Gasteiger charge is -2.41. The zero-order valence-electron chi connectivity index (χ0n) is 24.7. The molecule has 7 nitrogen and oxygen atoms in total. The van der Waals surface area contributed by atoms with Gasteiger partial charge in [0.25, 0.3) is 5.88 Å². The third kappa shape index (κ3) is 12.5. The monoisotopic (exact) mass is 552 g/mol. The van der Waals surface area contributed by atoms with Crippen molar-refractivity contribution in [2.45, 2.75) is 130 Å². The number of hydrogen-bond acceptors (Lipinski definition) is 7. The van der Waals surface area contributed by atoms with Gasteiger partial charge in [-0.05, 0) is 12.8 Å². The molecule has 0 aliphatic carbocycles. The highest BCUT2D eigenvalue weighted by molar-refractivity contribution is 6.99. The van der Waals surface area contributed by atoms with E-state index in [-0.39, 0.29) is 6.23 Å². The first-order chi connectivity index (χ1) is 18.5. The molecule has 0 bridgehead atoms. The maximum absolute atomic E-state index is 12.4. The van der Waals surface area contributed by atoms with Crippen LogP contribution in [0.5, 0.6) is 5.88 Å². The average Bonchev–Trinajstić information content (AvgIpc) is 3.38. The fraction of sp³-hybridized carbons (Fsp3) is 0.833. The van der Waals surface area contributed by atoms with Gasteiger partial charge in [0.05, 0.1) is 38.5 Å². The molecule has 0 spiro atoms. The fourth-order valence-corrected chi connectivity index (χ4v) is 5.47. The normalized spacial score (nSPS) is 18.2. The summed E-state index contributed by atoms with van der Waals surface area (Å²) in [6.07, 6.45) is 20.9. The summed E-state index contributed by atoms with van der Waals surface area (Å²) >= 11 is 1.19. The minimum absolute atomic E-state index is 0.312. The molecule has 2 unspecified atom stereocenters. The Kier molecular flexibility index (Phi) is 16.6. The van der Waals surface area contributed by atoms with Crippen LogP contribution in [0.3, 0.4) is 0 Å². The molecule has 8 heteroatoms. The highest BCUT2D eigenvalue weighted by atomic mass is 32.1. The Balaban J connectivity index is 1.64. The number of nitrogens with zero attached hydrogens (tertiary/aromatic N) is 3. The van der Waals surface area contributed by atoms with Gasteiger partial charge in [-0.1, -0.05) is 103 Å². The number of hydrogen-bond donors (Lipinski definition) is 0. The van der Waals surface area contributed by atoms with Crippen molar-refractivity contribution in [1.29, 1.82) is 0 Å². The molecule has 1 aromatic rings. The number of carbonyl (C=O) groups is 1. The van der Waals surface area contributed by atoms with Crippen molar-refractivity contribution in [3.63, 3.8) is 0 Å². The Morgan fingerprint density at radius 2 is 1.47 bits per heavy atom. The summed E-state index contributed by atoms with van der Waals surface area (Å²) in [5.41, 5.74) is 1.95. The molecule has 1 aliphatic rings. The highest BCUT2D eigenvalue weighted by Gasteiger charge is 2.37. The fourth-order valence-electron chi connectivity index (χ4n) is 4.94. The molecule has 1 aliphatic heterocycles. The molecule has 218 valence electrons. The Bertz CT molecular complexity index is 800. The van der Waals surface area contributed by atoms with E-state index in [0.717, 1.165) is 43.5 Å². The van der Waals surface area contributed by atoms with E-state index in [1.807, 2.05) is 6.92 Å². The van der Waals surface area contributed by atoms with E-state index in [2.05, 4.69) is 35.7 Å². The molecule has 0 aromatic carbocycles. The summed E-state index contributed by atoms with van der Waals surface area (Å²) in [6.45, 7) is 9.13. The van der Waals surface area contributed by atoms with Crippen molar-refractivity contribution in [1.82, 2.24) is 8.75 Å². The number of quaternary nitrogens is 1. The van der Waals surface area contributed by atoms with E-state index >= 15 is 0 Å². The van der Waals surface area contributed by atoms with E-state index in [4.69, 9.17) is 14.2 Å². The summed E-state index contributed by atoms with van der Waals surface area (Å²) in [7, 11) is 2.12. The lowest BCUT2D eigenvalue weighted by atomic mass is 10.0. The highest BCUT2D eigenvalue weighted by Crippen LogP contribution is 2.31. The molecule has 1 aromatic heterocycles. The van der Waals surface area contributed by atoms with E-state index in [0.29, 0.717) is 30.1 Å². The molecule has 0 radical (unpaired) electrons. The number of unbranched alkanes of at least 4 members (excludes halogenated alkanes) is 13. The SMILES string of the molecule is CCCCCCCCCCCCCOC(=O)OC(C)[N+]1(C)CCC=C(c2nsnc2OCCCCCC)C1. The molecule has 0 amide bonds. The number of likely N-dealkylation sites (N-methyl/N-ethyl adjacent to an activating group) is 1. The average molecular weight is 553 g/mol. The topological polar surface area (TPSA) is 70.5 Å². The lowest BCUT2D eigenvalue weighted by molar-refractivity contribution is -0.944. The van der Waals surface area contributed by atoms with Gasteiger partial charge in [0.2, 0.25) is 6.23 Å². The van der Waals surface area contributed by atoms with Crippen LogP contribution in [-0.4, -0.2) is 59.0 Å². The molecule has 0 fully saturated rings. The van der Waals surface area contributed by atoms with Crippen molar-refractivity contribution < 1.29 is 23.5 Å². The second-order valence-electron chi connectivity index (χ2n) is 11.1. The Morgan fingerprint density at radius 1 is 0.895 bits per heavy atom. The van der Waals surface area contributed by atoms with Crippen LogP contribution in [0.25, 0.3) is 5.57 Å². The van der Waals surface area contributed by atoms with Crippen molar-refractivity contribution >= 4 is 23.5 Å². The minimum Gasteiger partial charge on any atom is -0.475 e. The maximum Gasteiger partial charge on any atom is 0.512 e. The van der Waals surface area contributed by atoms with E-state index < -0.39 is 6.16 Å². The smallest absolute Gasteiger partial charge is 0.475 e. The Morgan fingerprint density at radius 3 is 2.13 bits per heavy atom. The van der Waals surface area contributed by atoms with Crippen LogP contribution in [0.4, 0.5) is 4.79 Å². The first-order valence-corrected chi connectivity index (χ1v) is 16.1. The quantitative estimate of drug-likeness (QED) is 0.0864. The standard InChI is InChI=1S/C30H54N3O4S/c1-5-7-9-11-12-13-14-15-16-17-19-24-36-30(34)37-26(3)33(4)22-20-21-27(25-33)28-29(32-38-31-28)35-23-18-10-8-6-2/h21,26H,5-20,22-25H2,1-4H3/q+1. The van der Waals surface area contributed by atoms with Crippen molar-refractivity contribution in [3.05, 3.63) is 11.8 Å². The number of carbonyl (C=O) groups excluding carboxylic acids is 1. The van der Waals surface area contributed by atoms with Gasteiger partial charge in [-0.3, -0.25) is 4.48 Å². The van der Waals surface area contributed by atoms with Crippen LogP contribution >= 0.6 is 11.7 Å². The Labute approximate surface area is 236 Å². The van der Waals surface area contributed by atoms with Gasteiger partial charge >= 0.3 is 6.16 Å². The molecular weight excluding hydrogens is 498 g/mol. The zero-order chi connectivity index (χ0) is 27.5. The molecule has 2 atom stereocenters. The van der Waals surface area contributed by atoms with Crippen molar-refractivity contribution in [2.24, 2.45) is 0 Å². The summed E-state index contributed by atoms with van der Waals surface area (Å²) in [5.74, 6) is 0.631. The van der Waals surface area contributed by atoms with Crippen LogP contribution in [0, 0.1) is 0 Å². The van der Waals surface area contributed by atoms with Gasteiger partial charge < -0.3 is 14.2 Å². The summed E-state index contributed by atoms with van der Waals surface area (Å²) in [6, 6.07) is 0. The predicted molar refractivity (Wildman–Crippen MR) is 156 cm³/mol. The predicted octanol–water partition coefficient (Wildman–Crippen LogP) is 8.54. The minimum atomic E-state index is -0.563. The largest absolute Gasteiger partial charge is 0.512 e. The number of rotatable bonds is 21. The molecule has 0 N–H and O–H groups in total. The maximum atomic E-state index is 12.4. The van der Waals surface area contributed by atoms with E-state index in [9.17, 15) is 4.79 Å². The summed E-state index contributed by atoms with van der Waals surface area (Å²) < 4.78 is 26.6. The molecule has 38 heavy (non-hydrogen) atoms. The molecule has 0 saturated heterocycles. The second-order valence-corrected chi connectivity index (χ2v) is 11.6. The first-order valence-electron chi connectivity index (χ1n) is 15.3. The third-order valence-corrected chi connectivity index (χ3v) is 8.19. The van der Waals surface area contributed by atoms with E-state index in [1.165, 1.54) is 88.8 Å². The summed E-state index contributed by atoms with van der Waals surface area (Å²) in [4.78, 5) is 12.4. The van der Waals surface area contributed by atoms with E-state index in [1.54, 1.807) is 0 Å². The summed E-state index contributed by atoms with van der Waals surface area (Å²) in [5, 5.41) is 0. The molecule has 0 saturated carbocycles. The number of ether oxygens (including phenoxy) is 3. The van der Waals surface area contributed by atoms with Gasteiger partial charge in [0.1, 0.15) is 12.2 Å². The van der Waals surface area contributed by atoms with Crippen LogP contribution in [0.15, 0.2) is 6.08 Å². The van der Waals surface area contributed by atoms with Crippen LogP contribution in [0.1, 0.15) is 129 Å². The molecule has 2 rings (SSSR count). The van der Waals surface area contributed by atoms with Crippen LogP contribution < -0.4 is 4.74 Å². The van der Waals surface area contributed by atoms with Crippen molar-refractivity contribution in [3.8, 4) is 5.88 Å². The first kappa shape index (κ1) is 32.5. The lowest BCUT2D eigenvalue weighted by Crippen LogP contribution is -2.55. The van der Waals surface area contributed by atoms with Gasteiger partial charge in [0, 0.05) is 18.9 Å². The van der Waals surface area contributed by atoms with Crippen molar-refractivity contribution in [2.75, 3.05) is 33.4 Å². The van der Waals surface area contributed by atoms with Gasteiger partial charge in [-0.2, -0.15) is 4.37 Å². The molecule has 2 heterocycles. The Hall–Kier alpha value is -1.67. The third-order valence-electron chi connectivity index (χ3n) is 7.67. The molecular formula is C30H54N3O4S+. The van der Waals surface area contributed by atoms with Crippen LogP contribution in [-0.2, 0) is 9.47 Å².